The molecule has 2 rings (SSSR count). The Labute approximate surface area is 100 Å². The number of hydrogen-bond acceptors (Lipinski definition) is 3. The van der Waals surface area contributed by atoms with Crippen LogP contribution in [0.25, 0.3) is 0 Å². The number of benzene rings is 1. The van der Waals surface area contributed by atoms with Crippen LogP contribution in [0, 0.1) is 0 Å². The van der Waals surface area contributed by atoms with Gasteiger partial charge >= 0.3 is 0 Å². The third-order valence-corrected chi connectivity index (χ3v) is 2.96. The minimum absolute atomic E-state index is 0.120. The monoisotopic (exact) mass is 229 g/mol. The van der Waals surface area contributed by atoms with E-state index >= 15 is 0 Å². The van der Waals surface area contributed by atoms with E-state index in [1.54, 1.807) is 11.0 Å². The molecule has 0 aliphatic rings. The number of Topliss-reactive ketones (excluding diaryl/α,β-unsaturated/α-hetero) is 1. The summed E-state index contributed by atoms with van der Waals surface area (Å²) in [4.78, 5) is 16.1. The van der Waals surface area contributed by atoms with Gasteiger partial charge in [-0.15, -0.1) is 0 Å². The summed E-state index contributed by atoms with van der Waals surface area (Å²) in [5.74, 6) is 0.120. The quantitative estimate of drug-likeness (QED) is 0.803. The van der Waals surface area contributed by atoms with Crippen molar-refractivity contribution in [3.8, 4) is 0 Å². The summed E-state index contributed by atoms with van der Waals surface area (Å²) >= 11 is 0. The summed E-state index contributed by atoms with van der Waals surface area (Å²) < 4.78 is 1.55. The molecule has 0 N–H and O–H groups in total. The van der Waals surface area contributed by atoms with Gasteiger partial charge in [0.15, 0.2) is 5.78 Å². The zero-order chi connectivity index (χ0) is 12.3. The van der Waals surface area contributed by atoms with Crippen LogP contribution in [0.15, 0.2) is 43.0 Å². The van der Waals surface area contributed by atoms with Gasteiger partial charge in [0.2, 0.25) is 0 Å². The minimum atomic E-state index is -0.507. The van der Waals surface area contributed by atoms with E-state index in [1.165, 1.54) is 6.33 Å². The van der Waals surface area contributed by atoms with Gasteiger partial charge in [-0.3, -0.25) is 4.79 Å². The molecule has 0 saturated carbocycles. The predicted molar refractivity (Wildman–Crippen MR) is 64.5 cm³/mol. The lowest BCUT2D eigenvalue weighted by Crippen LogP contribution is -2.32. The third kappa shape index (κ3) is 2.41. The van der Waals surface area contributed by atoms with Crippen LogP contribution in [0.1, 0.15) is 19.4 Å². The SMILES string of the molecule is CC(C)(C(=O)Cn1cncn1)c1ccccc1. The van der Waals surface area contributed by atoms with Crippen molar-refractivity contribution in [1.29, 1.82) is 0 Å². The average Bonchev–Trinajstić information content (AvgIpc) is 2.83. The molecular weight excluding hydrogens is 214 g/mol. The van der Waals surface area contributed by atoms with Gasteiger partial charge in [0.05, 0.1) is 5.41 Å². The van der Waals surface area contributed by atoms with Crippen molar-refractivity contribution in [2.45, 2.75) is 25.8 Å². The van der Waals surface area contributed by atoms with Crippen LogP contribution in [0.5, 0.6) is 0 Å². The Morgan fingerprint density at radius 2 is 2.00 bits per heavy atom. The molecule has 0 aliphatic carbocycles. The molecule has 0 amide bonds. The average molecular weight is 229 g/mol. The highest BCUT2D eigenvalue weighted by Crippen LogP contribution is 2.24. The third-order valence-electron chi connectivity index (χ3n) is 2.96. The number of ketones is 1. The topological polar surface area (TPSA) is 47.8 Å². The van der Waals surface area contributed by atoms with Crippen LogP contribution < -0.4 is 0 Å². The first kappa shape index (κ1) is 11.5. The summed E-state index contributed by atoms with van der Waals surface area (Å²) in [5, 5.41) is 3.95. The van der Waals surface area contributed by atoms with Crippen molar-refractivity contribution in [1.82, 2.24) is 14.8 Å². The Morgan fingerprint density at radius 3 is 2.59 bits per heavy atom. The van der Waals surface area contributed by atoms with Crippen molar-refractivity contribution in [3.63, 3.8) is 0 Å². The Hall–Kier alpha value is -1.97. The van der Waals surface area contributed by atoms with E-state index < -0.39 is 5.41 Å². The van der Waals surface area contributed by atoms with Crippen LogP contribution in [0.3, 0.4) is 0 Å². The second-order valence-corrected chi connectivity index (χ2v) is 4.51. The summed E-state index contributed by atoms with van der Waals surface area (Å²) in [7, 11) is 0. The van der Waals surface area contributed by atoms with Crippen LogP contribution >= 0.6 is 0 Å². The van der Waals surface area contributed by atoms with Gasteiger partial charge in [-0.1, -0.05) is 30.3 Å². The highest BCUT2D eigenvalue weighted by atomic mass is 16.1. The lowest BCUT2D eigenvalue weighted by molar-refractivity contribution is -0.124. The largest absolute Gasteiger partial charge is 0.297 e. The van der Waals surface area contributed by atoms with E-state index in [0.717, 1.165) is 5.56 Å². The molecule has 88 valence electrons. The van der Waals surface area contributed by atoms with E-state index in [0.29, 0.717) is 0 Å². The van der Waals surface area contributed by atoms with Crippen molar-refractivity contribution in [2.75, 3.05) is 0 Å². The number of aromatic nitrogens is 3. The van der Waals surface area contributed by atoms with E-state index in [2.05, 4.69) is 10.1 Å². The molecule has 0 aliphatic heterocycles. The van der Waals surface area contributed by atoms with E-state index in [1.807, 2.05) is 44.2 Å². The maximum absolute atomic E-state index is 12.2. The van der Waals surface area contributed by atoms with Crippen molar-refractivity contribution >= 4 is 5.78 Å². The lowest BCUT2D eigenvalue weighted by atomic mass is 9.80. The second kappa shape index (κ2) is 4.49. The Bertz CT molecular complexity index is 489. The zero-order valence-electron chi connectivity index (χ0n) is 10.00. The molecule has 0 radical (unpaired) electrons. The number of carbonyl (C=O) groups is 1. The number of nitrogens with zero attached hydrogens (tertiary/aromatic N) is 3. The fraction of sp³-hybridized carbons (Fsp3) is 0.308. The summed E-state index contributed by atoms with van der Waals surface area (Å²) in [6, 6.07) is 9.78. The summed E-state index contributed by atoms with van der Waals surface area (Å²) in [6.45, 7) is 4.12. The molecule has 0 unspecified atom stereocenters. The summed E-state index contributed by atoms with van der Waals surface area (Å²) in [5.41, 5.74) is 0.512. The normalized spacial score (nSPS) is 11.4. The van der Waals surface area contributed by atoms with Gasteiger partial charge in [0, 0.05) is 0 Å². The lowest BCUT2D eigenvalue weighted by Gasteiger charge is -2.23. The van der Waals surface area contributed by atoms with Gasteiger partial charge in [0.1, 0.15) is 19.2 Å². The summed E-state index contributed by atoms with van der Waals surface area (Å²) in [6.07, 6.45) is 2.99. The molecule has 1 aromatic carbocycles. The predicted octanol–water partition coefficient (Wildman–Crippen LogP) is 1.83. The smallest absolute Gasteiger partial charge is 0.164 e. The Balaban J connectivity index is 2.18. The molecule has 0 bridgehead atoms. The second-order valence-electron chi connectivity index (χ2n) is 4.51. The standard InChI is InChI=1S/C13H15N3O/c1-13(2,11-6-4-3-5-7-11)12(17)8-16-10-14-9-15-16/h3-7,9-10H,8H2,1-2H3. The van der Waals surface area contributed by atoms with Gasteiger partial charge < -0.3 is 0 Å². The fourth-order valence-corrected chi connectivity index (χ4v) is 1.67. The molecule has 0 spiro atoms. The molecule has 1 aromatic heterocycles. The van der Waals surface area contributed by atoms with Crippen LogP contribution in [-0.2, 0) is 16.8 Å². The van der Waals surface area contributed by atoms with Gasteiger partial charge in [-0.2, -0.15) is 5.10 Å². The molecule has 4 heteroatoms. The number of hydrogen-bond donors (Lipinski definition) is 0. The maximum atomic E-state index is 12.2. The van der Waals surface area contributed by atoms with Crippen molar-refractivity contribution < 1.29 is 4.79 Å². The van der Waals surface area contributed by atoms with Crippen molar-refractivity contribution in [2.24, 2.45) is 0 Å². The van der Waals surface area contributed by atoms with Crippen LogP contribution in [-0.4, -0.2) is 20.5 Å². The van der Waals surface area contributed by atoms with E-state index in [9.17, 15) is 4.79 Å². The minimum Gasteiger partial charge on any atom is -0.297 e. The molecular formula is C13H15N3O. The first-order valence-electron chi connectivity index (χ1n) is 5.52. The Kier molecular flexibility index (Phi) is 3.04. The van der Waals surface area contributed by atoms with Gasteiger partial charge in [0.25, 0.3) is 0 Å². The molecule has 0 atom stereocenters. The maximum Gasteiger partial charge on any atom is 0.164 e. The Morgan fingerprint density at radius 1 is 1.29 bits per heavy atom. The number of carbonyl (C=O) groups excluding carboxylic acids is 1. The first-order chi connectivity index (χ1) is 8.10. The van der Waals surface area contributed by atoms with Gasteiger partial charge in [-0.25, -0.2) is 9.67 Å². The molecule has 17 heavy (non-hydrogen) atoms. The van der Waals surface area contributed by atoms with Gasteiger partial charge in [-0.05, 0) is 19.4 Å². The van der Waals surface area contributed by atoms with Crippen LogP contribution in [0.4, 0.5) is 0 Å². The molecule has 1 heterocycles. The molecule has 4 nitrogen and oxygen atoms in total. The molecule has 2 aromatic rings. The fourth-order valence-electron chi connectivity index (χ4n) is 1.67. The zero-order valence-corrected chi connectivity index (χ0v) is 10.00. The highest BCUT2D eigenvalue weighted by molar-refractivity contribution is 5.89. The molecule has 0 saturated heterocycles. The van der Waals surface area contributed by atoms with Crippen molar-refractivity contribution in [3.05, 3.63) is 48.5 Å². The highest BCUT2D eigenvalue weighted by Gasteiger charge is 2.29. The van der Waals surface area contributed by atoms with Crippen LogP contribution in [0.2, 0.25) is 0 Å². The van der Waals surface area contributed by atoms with E-state index in [-0.39, 0.29) is 12.3 Å². The number of rotatable bonds is 4. The first-order valence-corrected chi connectivity index (χ1v) is 5.52. The van der Waals surface area contributed by atoms with E-state index in [4.69, 9.17) is 0 Å². The molecule has 0 fully saturated rings.